The summed E-state index contributed by atoms with van der Waals surface area (Å²) in [4.78, 5) is 0. The third-order valence-electron chi connectivity index (χ3n) is 0. The molecule has 0 heterocycles. The van der Waals surface area contributed by atoms with Crippen LogP contribution in [0.1, 0.15) is 0 Å². The SMILES string of the molecule is O.O.O.[LiH].[LiH].[Mn]. The van der Waals surface area contributed by atoms with E-state index in [1.807, 2.05) is 0 Å². The van der Waals surface area contributed by atoms with E-state index in [-0.39, 0.29) is 71.2 Å². The molecule has 35 valence electrons. The zero-order chi connectivity index (χ0) is 0. The van der Waals surface area contributed by atoms with Gasteiger partial charge in [-0.25, -0.2) is 0 Å². The van der Waals surface area contributed by atoms with Crippen LogP contribution >= 0.6 is 0 Å². The molecule has 6 heavy (non-hydrogen) atoms. The van der Waals surface area contributed by atoms with E-state index in [0.717, 1.165) is 0 Å². The van der Waals surface area contributed by atoms with Crippen LogP contribution in [-0.4, -0.2) is 54.1 Å². The molecule has 0 saturated carbocycles. The van der Waals surface area contributed by atoms with Gasteiger partial charge in [-0.3, -0.25) is 0 Å². The van der Waals surface area contributed by atoms with Crippen molar-refractivity contribution in [3.8, 4) is 0 Å². The summed E-state index contributed by atoms with van der Waals surface area (Å²) in [6.07, 6.45) is 0. The van der Waals surface area contributed by atoms with Crippen LogP contribution in [0.5, 0.6) is 0 Å². The number of rotatable bonds is 0. The van der Waals surface area contributed by atoms with Crippen LogP contribution in [0, 0.1) is 0 Å². The van der Waals surface area contributed by atoms with Crippen LogP contribution in [0.3, 0.4) is 0 Å². The first-order valence-electron chi connectivity index (χ1n) is 0. The van der Waals surface area contributed by atoms with E-state index in [1.165, 1.54) is 0 Å². The molecular weight excluding hydrogens is 117 g/mol. The molecule has 0 amide bonds. The molecule has 0 spiro atoms. The Bertz CT molecular complexity index is 8.75. The van der Waals surface area contributed by atoms with Gasteiger partial charge in [-0.05, 0) is 0 Å². The van der Waals surface area contributed by atoms with Gasteiger partial charge >= 0.3 is 37.7 Å². The molecule has 0 aliphatic heterocycles. The summed E-state index contributed by atoms with van der Waals surface area (Å²) >= 11 is 0. The summed E-state index contributed by atoms with van der Waals surface area (Å²) in [6.45, 7) is 0. The molecular formula is H8Li2MnO3. The molecule has 3 nitrogen and oxygen atoms in total. The fourth-order valence-electron chi connectivity index (χ4n) is 0. The van der Waals surface area contributed by atoms with Crippen LogP contribution in [0.4, 0.5) is 0 Å². The molecule has 0 rings (SSSR count). The molecule has 0 aromatic rings. The molecule has 6 N–H and O–H groups in total. The third kappa shape index (κ3) is 46.5. The van der Waals surface area contributed by atoms with Crippen LogP contribution in [0.15, 0.2) is 0 Å². The third-order valence-corrected chi connectivity index (χ3v) is 0. The first-order chi connectivity index (χ1) is 0. The minimum absolute atomic E-state index is 0. The average Bonchev–Trinajstić information content (AvgIpc) is 0. The second-order valence-corrected chi connectivity index (χ2v) is 0. The van der Waals surface area contributed by atoms with Crippen LogP contribution in [-0.2, 0) is 17.1 Å². The summed E-state index contributed by atoms with van der Waals surface area (Å²) in [7, 11) is 0. The van der Waals surface area contributed by atoms with Crippen LogP contribution in [0.25, 0.3) is 0 Å². The maximum absolute atomic E-state index is 0. The minimum Gasteiger partial charge on any atom is 0 e. The molecule has 0 bridgehead atoms. The van der Waals surface area contributed by atoms with Gasteiger partial charge in [0.25, 0.3) is 0 Å². The van der Waals surface area contributed by atoms with Gasteiger partial charge in [0.05, 0.1) is 0 Å². The monoisotopic (exact) mass is 125 g/mol. The minimum atomic E-state index is 0. The zero-order valence-electron chi connectivity index (χ0n) is 1.88. The first kappa shape index (κ1) is 130. The fourth-order valence-corrected chi connectivity index (χ4v) is 0. The van der Waals surface area contributed by atoms with Gasteiger partial charge in [0.2, 0.25) is 0 Å². The summed E-state index contributed by atoms with van der Waals surface area (Å²) in [5, 5.41) is 0. The number of hydrogen-bond donors (Lipinski definition) is 0. The van der Waals surface area contributed by atoms with Crippen LogP contribution < -0.4 is 0 Å². The quantitative estimate of drug-likeness (QED) is 0.297. The second-order valence-electron chi connectivity index (χ2n) is 0. The summed E-state index contributed by atoms with van der Waals surface area (Å²) in [5.74, 6) is 0. The maximum Gasteiger partial charge on any atom is 0 e. The molecule has 0 unspecified atom stereocenters. The normalized spacial score (nSPS) is 0. The van der Waals surface area contributed by atoms with Crippen LogP contribution in [0.2, 0.25) is 0 Å². The van der Waals surface area contributed by atoms with E-state index in [2.05, 4.69) is 0 Å². The fraction of sp³-hybridized carbons (Fsp3) is 0. The van der Waals surface area contributed by atoms with E-state index >= 15 is 0 Å². The van der Waals surface area contributed by atoms with Gasteiger partial charge in [-0.15, -0.1) is 0 Å². The van der Waals surface area contributed by atoms with E-state index in [0.29, 0.717) is 0 Å². The topological polar surface area (TPSA) is 94.5 Å². The van der Waals surface area contributed by atoms with Crippen molar-refractivity contribution in [1.29, 1.82) is 0 Å². The molecule has 0 aliphatic rings. The molecule has 0 aromatic carbocycles. The standard InChI is InChI=1S/2Li.Mn.3H2O.2H/h;;;3*1H2;;. The Labute approximate surface area is 71.0 Å². The molecule has 0 fully saturated rings. The van der Waals surface area contributed by atoms with Gasteiger partial charge < -0.3 is 16.4 Å². The molecule has 0 atom stereocenters. The Kier molecular flexibility index (Phi) is 1760. The Hall–Kier alpha value is 1.59. The van der Waals surface area contributed by atoms with Crippen molar-refractivity contribution in [3.05, 3.63) is 0 Å². The summed E-state index contributed by atoms with van der Waals surface area (Å²) in [6, 6.07) is 0. The van der Waals surface area contributed by atoms with Gasteiger partial charge in [0.1, 0.15) is 0 Å². The first-order valence-corrected chi connectivity index (χ1v) is 0. The van der Waals surface area contributed by atoms with Crippen molar-refractivity contribution in [3.63, 3.8) is 0 Å². The largest absolute Gasteiger partial charge is 0 e. The van der Waals surface area contributed by atoms with E-state index in [9.17, 15) is 0 Å². The van der Waals surface area contributed by atoms with Crippen molar-refractivity contribution in [2.75, 3.05) is 0 Å². The Morgan fingerprint density at radius 1 is 0.500 bits per heavy atom. The molecule has 1 radical (unpaired) electrons. The molecule has 0 aliphatic carbocycles. The maximum atomic E-state index is 0. The predicted octanol–water partition coefficient (Wildman–Crippen LogP) is -3.77. The zero-order valence-corrected chi connectivity index (χ0v) is 3.06. The van der Waals surface area contributed by atoms with Crippen molar-refractivity contribution in [1.82, 2.24) is 0 Å². The Morgan fingerprint density at radius 2 is 0.500 bits per heavy atom. The van der Waals surface area contributed by atoms with Crippen molar-refractivity contribution in [2.45, 2.75) is 0 Å². The number of hydrogen-bond acceptors (Lipinski definition) is 0. The Balaban J connectivity index is 0. The molecule has 6 heteroatoms. The Morgan fingerprint density at radius 3 is 0.500 bits per heavy atom. The summed E-state index contributed by atoms with van der Waals surface area (Å²) in [5.41, 5.74) is 0. The van der Waals surface area contributed by atoms with Gasteiger partial charge in [0, 0.05) is 17.1 Å². The van der Waals surface area contributed by atoms with Gasteiger partial charge in [-0.1, -0.05) is 0 Å². The van der Waals surface area contributed by atoms with E-state index in [4.69, 9.17) is 0 Å². The average molecular weight is 125 g/mol. The molecule has 0 aromatic heterocycles. The van der Waals surface area contributed by atoms with Crippen molar-refractivity contribution >= 4 is 37.7 Å². The van der Waals surface area contributed by atoms with Gasteiger partial charge in [-0.2, -0.15) is 0 Å². The van der Waals surface area contributed by atoms with E-state index < -0.39 is 0 Å². The van der Waals surface area contributed by atoms with E-state index in [1.54, 1.807) is 0 Å². The predicted molar refractivity (Wildman–Crippen MR) is 25.1 cm³/mol. The van der Waals surface area contributed by atoms with Gasteiger partial charge in [0.15, 0.2) is 0 Å². The smallest absolute Gasteiger partial charge is 0 e. The summed E-state index contributed by atoms with van der Waals surface area (Å²) < 4.78 is 0. The molecule has 0 saturated heterocycles. The second kappa shape index (κ2) is 81.2. The van der Waals surface area contributed by atoms with Crippen molar-refractivity contribution < 1.29 is 33.5 Å². The van der Waals surface area contributed by atoms with Crippen molar-refractivity contribution in [2.24, 2.45) is 0 Å².